The van der Waals surface area contributed by atoms with Crippen LogP contribution in [0.3, 0.4) is 0 Å². The molecule has 2 aromatic rings. The third-order valence-corrected chi connectivity index (χ3v) is 8.54. The van der Waals surface area contributed by atoms with Gasteiger partial charge in [-0.1, -0.05) is 47.5 Å². The van der Waals surface area contributed by atoms with Crippen LogP contribution in [0.25, 0.3) is 11.6 Å². The largest absolute Gasteiger partial charge is 0.510 e. The maximum atomic E-state index is 13.8. The van der Waals surface area contributed by atoms with Crippen molar-refractivity contribution in [1.29, 1.82) is 0 Å². The van der Waals surface area contributed by atoms with Crippen molar-refractivity contribution in [2.45, 2.75) is 17.7 Å². The molecule has 0 spiro atoms. The van der Waals surface area contributed by atoms with E-state index < -0.39 is 75.5 Å². The molecule has 0 saturated heterocycles. The minimum atomic E-state index is -3.01. The highest BCUT2D eigenvalue weighted by Gasteiger charge is 2.67. The second-order valence-electron chi connectivity index (χ2n) is 10.2. The molecule has 2 aromatic carbocycles. The van der Waals surface area contributed by atoms with Crippen molar-refractivity contribution in [2.75, 3.05) is 14.1 Å². The van der Waals surface area contributed by atoms with Crippen LogP contribution in [0.1, 0.15) is 21.5 Å². The highest BCUT2D eigenvalue weighted by atomic mass is 35.5. The summed E-state index contributed by atoms with van der Waals surface area (Å²) in [5.74, 6) is -9.13. The number of halogens is 2. The standard InChI is InChI=1S/C28H24Cl2N2O8/c1-32(2)21-20-23(35)17-12(8-10-6-7-13(29)14(30)9-10)11-4-3-5-15(33)16(11)22(34)18(17)25(37)28(20,40)26(38)19(24(21)36)27(31)39/h3-9,17,20-21,23,33,35-37,40H,1-2H3,(H2,31,39)/b12-8+/t17-,20-,21-,23+,28+/m1/s1. The van der Waals surface area contributed by atoms with Crippen LogP contribution in [0.4, 0.5) is 0 Å². The maximum Gasteiger partial charge on any atom is 0.255 e. The van der Waals surface area contributed by atoms with Crippen LogP contribution >= 0.6 is 23.2 Å². The van der Waals surface area contributed by atoms with Crippen molar-refractivity contribution in [3.8, 4) is 5.75 Å². The quantitative estimate of drug-likeness (QED) is 0.294. The number of fused-ring (bicyclic) bond motifs is 3. The molecule has 7 N–H and O–H groups in total. The molecule has 5 rings (SSSR count). The molecule has 0 heterocycles. The molecule has 0 saturated carbocycles. The number of benzene rings is 2. The van der Waals surface area contributed by atoms with Gasteiger partial charge in [0, 0.05) is 5.92 Å². The Morgan fingerprint density at radius 3 is 2.35 bits per heavy atom. The highest BCUT2D eigenvalue weighted by Crippen LogP contribution is 2.55. The summed E-state index contributed by atoms with van der Waals surface area (Å²) in [4.78, 5) is 40.8. The van der Waals surface area contributed by atoms with Gasteiger partial charge in [0.15, 0.2) is 11.4 Å². The van der Waals surface area contributed by atoms with Gasteiger partial charge >= 0.3 is 0 Å². The number of aromatic hydroxyl groups is 1. The number of aliphatic hydroxyl groups is 4. The minimum Gasteiger partial charge on any atom is -0.510 e. The van der Waals surface area contributed by atoms with Gasteiger partial charge < -0.3 is 31.3 Å². The number of phenolic OH excluding ortho intramolecular Hbond substituents is 1. The van der Waals surface area contributed by atoms with Crippen LogP contribution in [0.2, 0.25) is 10.0 Å². The van der Waals surface area contributed by atoms with Crippen LogP contribution in [0, 0.1) is 11.8 Å². The Hall–Kier alpha value is -3.67. The molecule has 3 aliphatic carbocycles. The summed E-state index contributed by atoms with van der Waals surface area (Å²) >= 11 is 12.3. The average molecular weight is 587 g/mol. The van der Waals surface area contributed by atoms with Gasteiger partial charge in [0.05, 0.1) is 39.2 Å². The van der Waals surface area contributed by atoms with E-state index in [9.17, 15) is 39.9 Å². The van der Waals surface area contributed by atoms with Gasteiger partial charge in [-0.3, -0.25) is 19.3 Å². The number of Topliss-reactive ketones (excluding diaryl/α,β-unsaturated/α-hetero) is 2. The van der Waals surface area contributed by atoms with Crippen LogP contribution in [-0.2, 0) is 9.59 Å². The summed E-state index contributed by atoms with van der Waals surface area (Å²) in [6.45, 7) is 0. The molecule has 5 atom stereocenters. The minimum absolute atomic E-state index is 0.218. The number of rotatable bonds is 3. The first-order chi connectivity index (χ1) is 18.7. The zero-order valence-corrected chi connectivity index (χ0v) is 22.6. The average Bonchev–Trinajstić information content (AvgIpc) is 2.87. The van der Waals surface area contributed by atoms with Gasteiger partial charge in [-0.25, -0.2) is 0 Å². The molecule has 1 amide bonds. The fourth-order valence-electron chi connectivity index (χ4n) is 6.10. The smallest absolute Gasteiger partial charge is 0.255 e. The van der Waals surface area contributed by atoms with Gasteiger partial charge in [-0.15, -0.1) is 0 Å². The number of amides is 1. The monoisotopic (exact) mass is 586 g/mol. The van der Waals surface area contributed by atoms with Crippen molar-refractivity contribution in [3.05, 3.63) is 85.8 Å². The lowest BCUT2D eigenvalue weighted by Crippen LogP contribution is -2.68. The van der Waals surface area contributed by atoms with Gasteiger partial charge in [0.25, 0.3) is 5.91 Å². The molecule has 208 valence electrons. The molecule has 0 unspecified atom stereocenters. The van der Waals surface area contributed by atoms with E-state index >= 15 is 0 Å². The van der Waals surface area contributed by atoms with Crippen molar-refractivity contribution in [3.63, 3.8) is 0 Å². The van der Waals surface area contributed by atoms with E-state index in [2.05, 4.69) is 0 Å². The first kappa shape index (κ1) is 27.9. The normalized spacial score (nSPS) is 29.0. The molecular weight excluding hydrogens is 563 g/mol. The lowest BCUT2D eigenvalue weighted by molar-refractivity contribution is -0.159. The second-order valence-corrected chi connectivity index (χ2v) is 11.0. The zero-order chi connectivity index (χ0) is 29.4. The summed E-state index contributed by atoms with van der Waals surface area (Å²) in [7, 11) is 2.93. The Kier molecular flexibility index (Phi) is 6.60. The molecule has 0 radical (unpaired) electrons. The molecular formula is C28H24Cl2N2O8. The summed E-state index contributed by atoms with van der Waals surface area (Å²) in [5, 5.41) is 57.3. The molecule has 0 fully saturated rings. The van der Waals surface area contributed by atoms with E-state index in [0.717, 1.165) is 0 Å². The fourth-order valence-corrected chi connectivity index (χ4v) is 6.40. The molecule has 0 aromatic heterocycles. The Morgan fingerprint density at radius 1 is 1.07 bits per heavy atom. The second kappa shape index (κ2) is 9.46. The number of ketones is 2. The van der Waals surface area contributed by atoms with Crippen LogP contribution < -0.4 is 5.73 Å². The number of carbonyl (C=O) groups is 3. The third-order valence-electron chi connectivity index (χ3n) is 7.80. The summed E-state index contributed by atoms with van der Waals surface area (Å²) < 4.78 is 0. The number of nitrogens with two attached hydrogens (primary N) is 1. The lowest BCUT2D eigenvalue weighted by atomic mass is 9.56. The van der Waals surface area contributed by atoms with E-state index in [0.29, 0.717) is 5.56 Å². The predicted molar refractivity (Wildman–Crippen MR) is 146 cm³/mol. The SMILES string of the molecule is CN(C)[C@H]1C(O)=C(C(N)=O)C(=O)[C@@]2(O)C(O)=C3C(=O)c4c(O)cccc4/C(=C\c4ccc(Cl)c(Cl)c4)[C@H]3[C@H](O)[C@@H]12. The van der Waals surface area contributed by atoms with Crippen molar-refractivity contribution in [1.82, 2.24) is 4.90 Å². The third kappa shape index (κ3) is 3.71. The van der Waals surface area contributed by atoms with E-state index in [-0.39, 0.29) is 26.7 Å². The first-order valence-corrected chi connectivity index (χ1v) is 12.8. The number of likely N-dealkylation sites (N-methyl/N-ethyl adjacent to an activating group) is 1. The molecule has 12 heteroatoms. The molecule has 3 aliphatic rings. The van der Waals surface area contributed by atoms with Crippen LogP contribution in [-0.4, -0.2) is 79.7 Å². The molecule has 0 bridgehead atoms. The Labute approximate surface area is 237 Å². The number of aliphatic hydroxyl groups excluding tert-OH is 3. The number of carbonyl (C=O) groups excluding carboxylic acids is 3. The number of hydrogen-bond acceptors (Lipinski definition) is 9. The topological polar surface area (TPSA) is 182 Å². The maximum absolute atomic E-state index is 13.8. The van der Waals surface area contributed by atoms with Gasteiger partial charge in [-0.2, -0.15) is 0 Å². The van der Waals surface area contributed by atoms with Crippen molar-refractivity contribution in [2.24, 2.45) is 17.6 Å². The number of hydrogen-bond donors (Lipinski definition) is 6. The lowest BCUT2D eigenvalue weighted by Gasteiger charge is -2.52. The summed E-state index contributed by atoms with van der Waals surface area (Å²) in [6, 6.07) is 7.59. The van der Waals surface area contributed by atoms with Crippen LogP contribution in [0.5, 0.6) is 5.75 Å². The van der Waals surface area contributed by atoms with Gasteiger partial charge in [-0.05, 0) is 49.0 Å². The van der Waals surface area contributed by atoms with Crippen molar-refractivity contribution >= 4 is 52.3 Å². The van der Waals surface area contributed by atoms with E-state index in [4.69, 9.17) is 28.9 Å². The first-order valence-electron chi connectivity index (χ1n) is 12.0. The number of phenols is 1. The van der Waals surface area contributed by atoms with E-state index in [1.807, 2.05) is 0 Å². The molecule has 40 heavy (non-hydrogen) atoms. The van der Waals surface area contributed by atoms with Crippen molar-refractivity contribution < 1.29 is 39.9 Å². The number of nitrogens with zero attached hydrogens (tertiary/aromatic N) is 1. The molecule has 10 nitrogen and oxygen atoms in total. The Morgan fingerprint density at radius 2 is 1.75 bits per heavy atom. The predicted octanol–water partition coefficient (Wildman–Crippen LogP) is 2.40. The Bertz CT molecular complexity index is 1610. The van der Waals surface area contributed by atoms with E-state index in [1.165, 1.54) is 49.3 Å². The summed E-state index contributed by atoms with van der Waals surface area (Å²) in [5.41, 5.74) is 1.54. The van der Waals surface area contributed by atoms with Gasteiger partial charge in [0.1, 0.15) is 22.8 Å². The fraction of sp³-hybridized carbons (Fsp3) is 0.250. The highest BCUT2D eigenvalue weighted by molar-refractivity contribution is 6.42. The molecule has 0 aliphatic heterocycles. The summed E-state index contributed by atoms with van der Waals surface area (Å²) in [6.07, 6.45) is -0.213. The van der Waals surface area contributed by atoms with E-state index in [1.54, 1.807) is 12.1 Å². The number of primary amides is 1. The van der Waals surface area contributed by atoms with Crippen LogP contribution in [0.15, 0.2) is 59.1 Å². The van der Waals surface area contributed by atoms with Gasteiger partial charge in [0.2, 0.25) is 5.78 Å². The zero-order valence-electron chi connectivity index (χ0n) is 21.1. The Balaban J connectivity index is 1.87.